The maximum absolute atomic E-state index is 11.3. The van der Waals surface area contributed by atoms with Crippen LogP contribution < -0.4 is 5.73 Å². The molecule has 1 aromatic rings. The molecule has 0 saturated heterocycles. The first-order valence-electron chi connectivity index (χ1n) is 4.59. The number of aliphatic imine (C=N–C) groups is 1. The molecular formula is C10H7N3O3S. The van der Waals surface area contributed by atoms with Gasteiger partial charge in [-0.2, -0.15) is 4.99 Å². The van der Waals surface area contributed by atoms with E-state index >= 15 is 0 Å². The summed E-state index contributed by atoms with van der Waals surface area (Å²) in [6.45, 7) is 0. The zero-order valence-electron chi connectivity index (χ0n) is 8.49. The number of benzene rings is 1. The zero-order valence-corrected chi connectivity index (χ0v) is 9.31. The van der Waals surface area contributed by atoms with Crippen molar-refractivity contribution in [3.05, 3.63) is 44.8 Å². The fourth-order valence-corrected chi connectivity index (χ4v) is 1.95. The van der Waals surface area contributed by atoms with E-state index in [9.17, 15) is 14.9 Å². The Morgan fingerprint density at radius 1 is 1.35 bits per heavy atom. The van der Waals surface area contributed by atoms with E-state index in [1.165, 1.54) is 12.1 Å². The summed E-state index contributed by atoms with van der Waals surface area (Å²) in [5, 5.41) is 10.7. The minimum Gasteiger partial charge on any atom is -0.378 e. The lowest BCUT2D eigenvalue weighted by Crippen LogP contribution is -2.01. The fourth-order valence-electron chi connectivity index (χ4n) is 1.27. The molecule has 0 bridgehead atoms. The molecule has 17 heavy (non-hydrogen) atoms. The van der Waals surface area contributed by atoms with Gasteiger partial charge in [-0.05, 0) is 35.5 Å². The first kappa shape index (κ1) is 11.3. The van der Waals surface area contributed by atoms with Crippen LogP contribution in [0.3, 0.4) is 0 Å². The van der Waals surface area contributed by atoms with Crippen molar-refractivity contribution in [1.82, 2.24) is 0 Å². The molecule has 2 rings (SSSR count). The summed E-state index contributed by atoms with van der Waals surface area (Å²) in [5.41, 5.74) is 6.09. The second-order valence-corrected chi connectivity index (χ2v) is 4.28. The topological polar surface area (TPSA) is 98.6 Å². The van der Waals surface area contributed by atoms with E-state index in [2.05, 4.69) is 4.99 Å². The van der Waals surface area contributed by atoms with Crippen LogP contribution >= 0.6 is 11.8 Å². The molecule has 0 radical (unpaired) electrons. The predicted octanol–water partition coefficient (Wildman–Crippen LogP) is 1.52. The van der Waals surface area contributed by atoms with E-state index in [0.29, 0.717) is 10.5 Å². The van der Waals surface area contributed by atoms with Gasteiger partial charge in [0, 0.05) is 12.1 Å². The Kier molecular flexibility index (Phi) is 2.92. The Morgan fingerprint density at radius 3 is 2.47 bits per heavy atom. The number of nitrogens with two attached hydrogens (primary N) is 1. The van der Waals surface area contributed by atoms with Crippen LogP contribution in [0.2, 0.25) is 0 Å². The summed E-state index contributed by atoms with van der Waals surface area (Å²) in [6, 6.07) is 5.88. The van der Waals surface area contributed by atoms with Gasteiger partial charge in [0.1, 0.15) is 0 Å². The third kappa shape index (κ3) is 2.51. The SMILES string of the molecule is NC1=NC(=O)/C(=C/c2ccc([N+](=O)[O-])cc2)S1. The quantitative estimate of drug-likeness (QED) is 0.486. The number of thioether (sulfide) groups is 1. The van der Waals surface area contributed by atoms with Crippen molar-refractivity contribution in [3.8, 4) is 0 Å². The molecule has 7 heteroatoms. The van der Waals surface area contributed by atoms with E-state index in [1.54, 1.807) is 18.2 Å². The Morgan fingerprint density at radius 2 is 2.00 bits per heavy atom. The van der Waals surface area contributed by atoms with Gasteiger partial charge in [-0.25, -0.2) is 0 Å². The Hall–Kier alpha value is -2.15. The van der Waals surface area contributed by atoms with E-state index in [1.807, 2.05) is 0 Å². The van der Waals surface area contributed by atoms with Gasteiger partial charge in [0.15, 0.2) is 5.17 Å². The molecule has 0 spiro atoms. The average Bonchev–Trinajstić information content (AvgIpc) is 2.58. The summed E-state index contributed by atoms with van der Waals surface area (Å²) in [4.78, 5) is 25.2. The highest BCUT2D eigenvalue weighted by Crippen LogP contribution is 2.26. The number of carbonyl (C=O) groups is 1. The van der Waals surface area contributed by atoms with Crippen LogP contribution in [-0.2, 0) is 4.79 Å². The Balaban J connectivity index is 2.23. The molecule has 0 unspecified atom stereocenters. The largest absolute Gasteiger partial charge is 0.378 e. The van der Waals surface area contributed by atoms with Crippen LogP contribution in [0.25, 0.3) is 6.08 Å². The molecule has 1 aromatic carbocycles. The molecule has 0 aliphatic carbocycles. The maximum atomic E-state index is 11.3. The van der Waals surface area contributed by atoms with Crippen molar-refractivity contribution in [2.45, 2.75) is 0 Å². The third-order valence-electron chi connectivity index (χ3n) is 2.04. The molecule has 0 atom stereocenters. The first-order valence-corrected chi connectivity index (χ1v) is 5.40. The van der Waals surface area contributed by atoms with Crippen LogP contribution in [0.1, 0.15) is 5.56 Å². The minimum atomic E-state index is -0.479. The van der Waals surface area contributed by atoms with Crippen molar-refractivity contribution in [2.24, 2.45) is 10.7 Å². The smallest absolute Gasteiger partial charge is 0.286 e. The highest BCUT2D eigenvalue weighted by atomic mass is 32.2. The molecular weight excluding hydrogens is 242 g/mol. The number of nitrogens with zero attached hydrogens (tertiary/aromatic N) is 2. The Labute approximate surface area is 100 Å². The van der Waals surface area contributed by atoms with Crippen molar-refractivity contribution in [1.29, 1.82) is 0 Å². The van der Waals surface area contributed by atoms with Gasteiger partial charge in [0.2, 0.25) is 0 Å². The van der Waals surface area contributed by atoms with Crippen molar-refractivity contribution in [2.75, 3.05) is 0 Å². The van der Waals surface area contributed by atoms with Gasteiger partial charge in [0.05, 0.1) is 9.83 Å². The van der Waals surface area contributed by atoms with Gasteiger partial charge in [-0.15, -0.1) is 0 Å². The molecule has 1 heterocycles. The maximum Gasteiger partial charge on any atom is 0.286 e. The van der Waals surface area contributed by atoms with Crippen LogP contribution in [0, 0.1) is 10.1 Å². The number of rotatable bonds is 2. The molecule has 2 N–H and O–H groups in total. The lowest BCUT2D eigenvalue weighted by atomic mass is 10.2. The summed E-state index contributed by atoms with van der Waals surface area (Å²) < 4.78 is 0. The molecule has 1 aliphatic heterocycles. The van der Waals surface area contributed by atoms with Crippen LogP contribution in [0.15, 0.2) is 34.2 Å². The van der Waals surface area contributed by atoms with Crippen LogP contribution in [0.4, 0.5) is 5.69 Å². The number of nitro benzene ring substituents is 1. The zero-order chi connectivity index (χ0) is 12.4. The standard InChI is InChI=1S/C10H7N3O3S/c11-10-12-9(14)8(17-10)5-6-1-3-7(4-2-6)13(15)16/h1-5H,(H2,11,12,14)/b8-5-. The van der Waals surface area contributed by atoms with Crippen molar-refractivity contribution in [3.63, 3.8) is 0 Å². The molecule has 6 nitrogen and oxygen atoms in total. The second-order valence-electron chi connectivity index (χ2n) is 3.21. The summed E-state index contributed by atoms with van der Waals surface area (Å²) in [5.74, 6) is -0.383. The number of hydrogen-bond acceptors (Lipinski definition) is 5. The van der Waals surface area contributed by atoms with Crippen molar-refractivity contribution < 1.29 is 9.72 Å². The Bertz CT molecular complexity index is 548. The van der Waals surface area contributed by atoms with Gasteiger partial charge in [-0.1, -0.05) is 0 Å². The van der Waals surface area contributed by atoms with Crippen molar-refractivity contribution >= 4 is 34.6 Å². The fraction of sp³-hybridized carbons (Fsp3) is 0. The monoisotopic (exact) mass is 249 g/mol. The van der Waals surface area contributed by atoms with Gasteiger partial charge in [-0.3, -0.25) is 14.9 Å². The summed E-state index contributed by atoms with van der Waals surface area (Å²) in [6.07, 6.45) is 1.60. The number of hydrogen-bond donors (Lipinski definition) is 1. The lowest BCUT2D eigenvalue weighted by molar-refractivity contribution is -0.384. The van der Waals surface area contributed by atoms with E-state index < -0.39 is 4.92 Å². The molecule has 1 amide bonds. The van der Waals surface area contributed by atoms with Gasteiger partial charge >= 0.3 is 0 Å². The predicted molar refractivity (Wildman–Crippen MR) is 65.3 cm³/mol. The number of nitro groups is 1. The molecule has 0 aromatic heterocycles. The summed E-state index contributed by atoms with van der Waals surface area (Å²) >= 11 is 1.08. The molecule has 0 fully saturated rings. The van der Waals surface area contributed by atoms with E-state index in [-0.39, 0.29) is 16.8 Å². The molecule has 0 saturated carbocycles. The van der Waals surface area contributed by atoms with Crippen LogP contribution in [0.5, 0.6) is 0 Å². The van der Waals surface area contributed by atoms with Crippen LogP contribution in [-0.4, -0.2) is 16.0 Å². The average molecular weight is 249 g/mol. The number of amidine groups is 1. The molecule has 1 aliphatic rings. The number of non-ortho nitro benzene ring substituents is 1. The number of carbonyl (C=O) groups excluding carboxylic acids is 1. The highest BCUT2D eigenvalue weighted by molar-refractivity contribution is 8.18. The minimum absolute atomic E-state index is 0.00770. The van der Waals surface area contributed by atoms with Gasteiger partial charge < -0.3 is 5.73 Å². The van der Waals surface area contributed by atoms with Gasteiger partial charge in [0.25, 0.3) is 11.6 Å². The third-order valence-corrected chi connectivity index (χ3v) is 2.85. The lowest BCUT2D eigenvalue weighted by Gasteiger charge is -1.95. The first-order chi connectivity index (χ1) is 8.06. The number of amides is 1. The second kappa shape index (κ2) is 4.38. The molecule has 86 valence electrons. The summed E-state index contributed by atoms with van der Waals surface area (Å²) in [7, 11) is 0. The normalized spacial score (nSPS) is 17.3. The highest BCUT2D eigenvalue weighted by Gasteiger charge is 2.19. The van der Waals surface area contributed by atoms with E-state index in [4.69, 9.17) is 5.73 Å². The van der Waals surface area contributed by atoms with E-state index in [0.717, 1.165) is 11.8 Å².